The topological polar surface area (TPSA) is 43.8 Å². The molecule has 0 aliphatic carbocycles. The van der Waals surface area contributed by atoms with E-state index in [-0.39, 0.29) is 5.91 Å². The van der Waals surface area contributed by atoms with Crippen molar-refractivity contribution in [2.75, 3.05) is 26.2 Å². The van der Waals surface area contributed by atoms with Gasteiger partial charge in [-0.1, -0.05) is 37.5 Å². The van der Waals surface area contributed by atoms with Crippen LogP contribution in [-0.4, -0.2) is 53.2 Å². The Morgan fingerprint density at radius 3 is 2.05 bits per heavy atom. The van der Waals surface area contributed by atoms with Gasteiger partial charge in [0.05, 0.1) is 0 Å². The minimum Gasteiger partial charge on any atom is -0.374 e. The number of rotatable bonds is 11. The molecule has 0 spiro atoms. The zero-order valence-electron chi connectivity index (χ0n) is 13.8. The van der Waals surface area contributed by atoms with E-state index in [1.807, 2.05) is 17.1 Å². The van der Waals surface area contributed by atoms with Crippen LogP contribution in [0, 0.1) is 0 Å². The molecule has 0 aromatic rings. The molecule has 122 valence electrons. The van der Waals surface area contributed by atoms with Crippen molar-refractivity contribution in [3.8, 4) is 0 Å². The molecule has 1 atom stereocenters. The first-order valence-electron chi connectivity index (χ1n) is 7.24. The predicted molar refractivity (Wildman–Crippen MR) is 93.3 cm³/mol. The highest BCUT2D eigenvalue weighted by atomic mass is 16.3. The average Bonchev–Trinajstić information content (AvgIpc) is 2.47. The molecule has 0 saturated carbocycles. The lowest BCUT2D eigenvalue weighted by molar-refractivity contribution is -0.126. The van der Waals surface area contributed by atoms with Crippen molar-refractivity contribution in [1.29, 1.82) is 0 Å². The van der Waals surface area contributed by atoms with Crippen LogP contribution in [0.4, 0.5) is 0 Å². The summed E-state index contributed by atoms with van der Waals surface area (Å²) in [5, 5.41) is 10.0. The molecule has 0 radical (unpaired) electrons. The van der Waals surface area contributed by atoms with Gasteiger partial charge in [0.1, 0.15) is 6.23 Å². The van der Waals surface area contributed by atoms with Gasteiger partial charge in [0.15, 0.2) is 0 Å². The molecule has 22 heavy (non-hydrogen) atoms. The number of amides is 1. The van der Waals surface area contributed by atoms with E-state index < -0.39 is 6.23 Å². The van der Waals surface area contributed by atoms with Crippen LogP contribution in [0.5, 0.6) is 0 Å². The predicted octanol–water partition coefficient (Wildman–Crippen LogP) is 2.52. The van der Waals surface area contributed by atoms with E-state index in [1.165, 1.54) is 0 Å². The van der Waals surface area contributed by atoms with Crippen LogP contribution >= 0.6 is 0 Å². The zero-order chi connectivity index (χ0) is 17.1. The quantitative estimate of drug-likeness (QED) is 0.362. The Labute approximate surface area is 134 Å². The molecule has 0 rings (SSSR count). The van der Waals surface area contributed by atoms with Crippen molar-refractivity contribution in [2.45, 2.75) is 20.1 Å². The Balaban J connectivity index is 4.63. The number of hydrogen-bond donors (Lipinski definition) is 1. The molecule has 0 saturated heterocycles. The lowest BCUT2D eigenvalue weighted by atomic mass is 10.2. The van der Waals surface area contributed by atoms with E-state index in [4.69, 9.17) is 0 Å². The van der Waals surface area contributed by atoms with Crippen molar-refractivity contribution in [1.82, 2.24) is 9.80 Å². The van der Waals surface area contributed by atoms with Gasteiger partial charge >= 0.3 is 0 Å². The van der Waals surface area contributed by atoms with Gasteiger partial charge in [0, 0.05) is 31.8 Å². The molecule has 0 heterocycles. The van der Waals surface area contributed by atoms with E-state index in [0.717, 1.165) is 0 Å². The van der Waals surface area contributed by atoms with E-state index in [2.05, 4.69) is 26.3 Å². The molecule has 4 heteroatoms. The summed E-state index contributed by atoms with van der Waals surface area (Å²) in [7, 11) is 0. The summed E-state index contributed by atoms with van der Waals surface area (Å²) < 4.78 is 0. The second-order valence-electron chi connectivity index (χ2n) is 5.21. The molecule has 4 nitrogen and oxygen atoms in total. The molecule has 1 N–H and O–H groups in total. The molecule has 0 aromatic heterocycles. The smallest absolute Gasteiger partial charge is 0.249 e. The summed E-state index contributed by atoms with van der Waals surface area (Å²) in [6.07, 6.45) is 6.52. The number of nitrogens with zero attached hydrogens (tertiary/aromatic N) is 2. The maximum Gasteiger partial charge on any atom is 0.249 e. The first-order valence-corrected chi connectivity index (χ1v) is 7.24. The van der Waals surface area contributed by atoms with Gasteiger partial charge in [-0.3, -0.25) is 9.69 Å². The SMILES string of the molecule is C=CCN(C/C=C/CN(CC=C)C(O)C(=C)C)C(=O)C(=C)C. The third kappa shape index (κ3) is 7.20. The van der Waals surface area contributed by atoms with E-state index >= 15 is 0 Å². The van der Waals surface area contributed by atoms with Gasteiger partial charge in [-0.05, 0) is 19.4 Å². The molecule has 1 unspecified atom stereocenters. The number of aliphatic hydroxyl groups excluding tert-OH is 1. The fraction of sp³-hybridized carbons (Fsp3) is 0.389. The molecular formula is C18H28N2O2. The largest absolute Gasteiger partial charge is 0.374 e. The maximum atomic E-state index is 11.9. The van der Waals surface area contributed by atoms with Crippen molar-refractivity contribution in [3.05, 3.63) is 61.8 Å². The van der Waals surface area contributed by atoms with Gasteiger partial charge < -0.3 is 10.0 Å². The molecule has 0 bridgehead atoms. The third-order valence-corrected chi connectivity index (χ3v) is 2.98. The summed E-state index contributed by atoms with van der Waals surface area (Å²) in [6, 6.07) is 0. The highest BCUT2D eigenvalue weighted by Crippen LogP contribution is 2.06. The monoisotopic (exact) mass is 304 g/mol. The van der Waals surface area contributed by atoms with Crippen LogP contribution in [0.1, 0.15) is 13.8 Å². The molecular weight excluding hydrogens is 276 g/mol. The fourth-order valence-corrected chi connectivity index (χ4v) is 1.83. The van der Waals surface area contributed by atoms with Gasteiger partial charge in [-0.2, -0.15) is 0 Å². The molecule has 0 aromatic carbocycles. The Bertz CT molecular complexity index is 452. The van der Waals surface area contributed by atoms with Crippen molar-refractivity contribution < 1.29 is 9.90 Å². The second-order valence-corrected chi connectivity index (χ2v) is 5.21. The highest BCUT2D eigenvalue weighted by molar-refractivity contribution is 5.92. The van der Waals surface area contributed by atoms with Gasteiger partial charge in [-0.25, -0.2) is 0 Å². The van der Waals surface area contributed by atoms with Gasteiger partial charge in [-0.15, -0.1) is 13.2 Å². The first kappa shape index (κ1) is 20.1. The van der Waals surface area contributed by atoms with Crippen LogP contribution in [0.25, 0.3) is 0 Å². The Kier molecular flexibility index (Phi) is 9.83. The van der Waals surface area contributed by atoms with Gasteiger partial charge in [0.2, 0.25) is 5.91 Å². The van der Waals surface area contributed by atoms with Gasteiger partial charge in [0.25, 0.3) is 0 Å². The van der Waals surface area contributed by atoms with E-state index in [1.54, 1.807) is 30.9 Å². The Morgan fingerprint density at radius 1 is 1.05 bits per heavy atom. The van der Waals surface area contributed by atoms with Crippen LogP contribution in [0.2, 0.25) is 0 Å². The lowest BCUT2D eigenvalue weighted by Gasteiger charge is -2.25. The highest BCUT2D eigenvalue weighted by Gasteiger charge is 2.13. The zero-order valence-corrected chi connectivity index (χ0v) is 13.8. The Morgan fingerprint density at radius 2 is 1.59 bits per heavy atom. The fourth-order valence-electron chi connectivity index (χ4n) is 1.83. The van der Waals surface area contributed by atoms with Crippen molar-refractivity contribution >= 4 is 5.91 Å². The van der Waals surface area contributed by atoms with Crippen LogP contribution in [0.15, 0.2) is 61.8 Å². The van der Waals surface area contributed by atoms with E-state index in [9.17, 15) is 9.90 Å². The summed E-state index contributed by atoms with van der Waals surface area (Å²) in [5.74, 6) is -0.0885. The minimum atomic E-state index is -0.705. The summed E-state index contributed by atoms with van der Waals surface area (Å²) in [4.78, 5) is 15.4. The molecule has 0 fully saturated rings. The lowest BCUT2D eigenvalue weighted by Crippen LogP contribution is -2.36. The summed E-state index contributed by atoms with van der Waals surface area (Å²) >= 11 is 0. The molecule has 0 aliphatic heterocycles. The second kappa shape index (κ2) is 10.8. The van der Waals surface area contributed by atoms with E-state index in [0.29, 0.717) is 37.3 Å². The maximum absolute atomic E-state index is 11.9. The minimum absolute atomic E-state index is 0.0885. The summed E-state index contributed by atoms with van der Waals surface area (Å²) in [6.45, 7) is 20.3. The average molecular weight is 304 g/mol. The standard InChI is InChI=1S/C18H28N2O2/c1-7-11-19(17(21)15(3)4)13-9-10-14-20(12-8-2)18(22)16(5)6/h7-10,17,21H,1-3,5,11-14H2,4,6H3/b10-9+. The summed E-state index contributed by atoms with van der Waals surface area (Å²) in [5.41, 5.74) is 1.18. The Hall–Kier alpha value is -1.91. The van der Waals surface area contributed by atoms with Crippen LogP contribution in [-0.2, 0) is 4.79 Å². The number of carbonyl (C=O) groups excluding carboxylic acids is 1. The normalized spacial score (nSPS) is 12.2. The third-order valence-electron chi connectivity index (χ3n) is 2.98. The number of hydrogen-bond acceptors (Lipinski definition) is 3. The number of aliphatic hydroxyl groups is 1. The molecule has 0 aliphatic rings. The van der Waals surface area contributed by atoms with Crippen LogP contribution in [0.3, 0.4) is 0 Å². The van der Waals surface area contributed by atoms with Crippen LogP contribution < -0.4 is 0 Å². The van der Waals surface area contributed by atoms with Crippen molar-refractivity contribution in [2.24, 2.45) is 0 Å². The van der Waals surface area contributed by atoms with Crippen molar-refractivity contribution in [3.63, 3.8) is 0 Å². The first-order chi connectivity index (χ1) is 10.3. The molecule has 1 amide bonds. The number of carbonyl (C=O) groups is 1.